The molecule has 2 rings (SSSR count). The second-order valence-corrected chi connectivity index (χ2v) is 5.44. The number of benzene rings is 1. The van der Waals surface area contributed by atoms with Gasteiger partial charge in [-0.1, -0.05) is 23.7 Å². The van der Waals surface area contributed by atoms with E-state index in [1.807, 2.05) is 0 Å². The summed E-state index contributed by atoms with van der Waals surface area (Å²) in [5.74, 6) is -3.09. The molecular formula is C15H15ClN2O5. The number of carboxylic acids is 1. The van der Waals surface area contributed by atoms with E-state index in [1.54, 1.807) is 24.3 Å². The number of hydrogen-bond acceptors (Lipinski definition) is 4. The summed E-state index contributed by atoms with van der Waals surface area (Å²) in [6.07, 6.45) is 0.134. The second kappa shape index (κ2) is 7.15. The van der Waals surface area contributed by atoms with Crippen molar-refractivity contribution in [1.82, 2.24) is 10.2 Å². The summed E-state index contributed by atoms with van der Waals surface area (Å²) in [7, 11) is 0. The van der Waals surface area contributed by atoms with Crippen LogP contribution in [0.15, 0.2) is 35.6 Å². The van der Waals surface area contributed by atoms with Gasteiger partial charge in [0, 0.05) is 24.5 Å². The first-order valence-electron chi connectivity index (χ1n) is 6.84. The molecule has 1 aromatic rings. The first-order chi connectivity index (χ1) is 10.9. The highest BCUT2D eigenvalue weighted by atomic mass is 35.5. The molecule has 1 aliphatic rings. The normalized spacial score (nSPS) is 14.8. The number of carboxylic acid groups (broad SMARTS) is 1. The van der Waals surface area contributed by atoms with Gasteiger partial charge in [0.1, 0.15) is 17.9 Å². The summed E-state index contributed by atoms with van der Waals surface area (Å²) >= 11 is 5.81. The Morgan fingerprint density at radius 1 is 1.26 bits per heavy atom. The van der Waals surface area contributed by atoms with E-state index in [9.17, 15) is 19.5 Å². The van der Waals surface area contributed by atoms with Gasteiger partial charge in [0.2, 0.25) is 0 Å². The molecule has 8 heteroatoms. The summed E-state index contributed by atoms with van der Waals surface area (Å²) in [4.78, 5) is 36.2. The van der Waals surface area contributed by atoms with Gasteiger partial charge in [0.15, 0.2) is 0 Å². The maximum absolute atomic E-state index is 12.4. The van der Waals surface area contributed by atoms with E-state index < -0.39 is 29.9 Å². The minimum atomic E-state index is -1.24. The average Bonchev–Trinajstić information content (AvgIpc) is 2.50. The highest BCUT2D eigenvalue weighted by Crippen LogP contribution is 2.20. The van der Waals surface area contributed by atoms with Crippen LogP contribution in [0.3, 0.4) is 0 Å². The minimum absolute atomic E-state index is 0.134. The SMILES string of the molecule is O=C(O)CNC(=O)C1=C(O)CCN(Cc2ccc(Cl)cc2)C1=O. The zero-order valence-corrected chi connectivity index (χ0v) is 12.8. The predicted octanol–water partition coefficient (Wildman–Crippen LogP) is 1.09. The minimum Gasteiger partial charge on any atom is -0.511 e. The highest BCUT2D eigenvalue weighted by molar-refractivity contribution is 6.30. The Kier molecular flexibility index (Phi) is 5.23. The summed E-state index contributed by atoms with van der Waals surface area (Å²) in [5.41, 5.74) is 0.417. The zero-order valence-electron chi connectivity index (χ0n) is 12.1. The predicted molar refractivity (Wildman–Crippen MR) is 81.8 cm³/mol. The Labute approximate surface area is 137 Å². The van der Waals surface area contributed by atoms with Gasteiger partial charge in [0.25, 0.3) is 11.8 Å². The van der Waals surface area contributed by atoms with Crippen molar-refractivity contribution in [3.8, 4) is 0 Å². The lowest BCUT2D eigenvalue weighted by molar-refractivity contribution is -0.138. The molecular weight excluding hydrogens is 324 g/mol. The molecule has 122 valence electrons. The molecule has 0 spiro atoms. The maximum Gasteiger partial charge on any atom is 0.322 e. The summed E-state index contributed by atoms with van der Waals surface area (Å²) in [6, 6.07) is 6.91. The Balaban J connectivity index is 2.11. The lowest BCUT2D eigenvalue weighted by Gasteiger charge is -2.28. The number of aliphatic carboxylic acids is 1. The maximum atomic E-state index is 12.4. The average molecular weight is 339 g/mol. The van der Waals surface area contributed by atoms with Crippen LogP contribution in [0.2, 0.25) is 5.02 Å². The van der Waals surface area contributed by atoms with Crippen molar-refractivity contribution >= 4 is 29.4 Å². The third-order valence-corrected chi connectivity index (χ3v) is 3.57. The fourth-order valence-electron chi connectivity index (χ4n) is 2.18. The second-order valence-electron chi connectivity index (χ2n) is 5.00. The van der Waals surface area contributed by atoms with Crippen LogP contribution in [0.4, 0.5) is 0 Å². The van der Waals surface area contributed by atoms with Crippen LogP contribution in [0.1, 0.15) is 12.0 Å². The van der Waals surface area contributed by atoms with E-state index in [-0.39, 0.29) is 25.3 Å². The first-order valence-corrected chi connectivity index (χ1v) is 7.22. The summed E-state index contributed by atoms with van der Waals surface area (Å²) < 4.78 is 0. The number of nitrogens with one attached hydrogen (secondary N) is 1. The fraction of sp³-hybridized carbons (Fsp3) is 0.267. The van der Waals surface area contributed by atoms with Crippen molar-refractivity contribution < 1.29 is 24.6 Å². The number of hydrogen-bond donors (Lipinski definition) is 3. The highest BCUT2D eigenvalue weighted by Gasteiger charge is 2.32. The molecule has 0 atom stereocenters. The topological polar surface area (TPSA) is 107 Å². The van der Waals surface area contributed by atoms with Gasteiger partial charge in [-0.25, -0.2) is 0 Å². The molecule has 1 heterocycles. The number of aliphatic hydroxyl groups excluding tert-OH is 1. The zero-order chi connectivity index (χ0) is 17.0. The van der Waals surface area contributed by atoms with Gasteiger partial charge >= 0.3 is 5.97 Å². The van der Waals surface area contributed by atoms with Crippen molar-refractivity contribution in [2.45, 2.75) is 13.0 Å². The van der Waals surface area contributed by atoms with E-state index in [1.165, 1.54) is 4.90 Å². The van der Waals surface area contributed by atoms with Crippen molar-refractivity contribution in [1.29, 1.82) is 0 Å². The van der Waals surface area contributed by atoms with Crippen LogP contribution >= 0.6 is 11.6 Å². The van der Waals surface area contributed by atoms with Crippen LogP contribution in [0.5, 0.6) is 0 Å². The molecule has 3 N–H and O–H groups in total. The van der Waals surface area contributed by atoms with Crippen molar-refractivity contribution in [2.24, 2.45) is 0 Å². The molecule has 0 radical (unpaired) electrons. The monoisotopic (exact) mass is 338 g/mol. The van der Waals surface area contributed by atoms with Gasteiger partial charge in [-0.3, -0.25) is 14.4 Å². The Morgan fingerprint density at radius 3 is 2.52 bits per heavy atom. The van der Waals surface area contributed by atoms with Gasteiger partial charge in [0.05, 0.1) is 0 Å². The molecule has 0 unspecified atom stereocenters. The molecule has 1 aromatic carbocycles. The van der Waals surface area contributed by atoms with Gasteiger partial charge < -0.3 is 20.4 Å². The molecule has 7 nitrogen and oxygen atoms in total. The van der Waals surface area contributed by atoms with E-state index in [0.717, 1.165) is 5.56 Å². The third kappa shape index (κ3) is 4.23. The molecule has 0 bridgehead atoms. The number of rotatable bonds is 5. The lowest BCUT2D eigenvalue weighted by Crippen LogP contribution is -2.43. The molecule has 2 amide bonds. The fourth-order valence-corrected chi connectivity index (χ4v) is 2.31. The van der Waals surface area contributed by atoms with Gasteiger partial charge in [-0.15, -0.1) is 0 Å². The summed E-state index contributed by atoms with van der Waals surface area (Å²) in [5, 5.41) is 21.0. The first kappa shape index (κ1) is 16.8. The molecule has 0 aliphatic carbocycles. The van der Waals surface area contributed by atoms with Crippen molar-refractivity contribution in [3.63, 3.8) is 0 Å². The van der Waals surface area contributed by atoms with Crippen LogP contribution in [0, 0.1) is 0 Å². The van der Waals surface area contributed by atoms with Gasteiger partial charge in [-0.05, 0) is 17.7 Å². The molecule has 0 saturated carbocycles. The summed E-state index contributed by atoms with van der Waals surface area (Å²) in [6.45, 7) is -0.0952. The number of amides is 2. The molecule has 0 aromatic heterocycles. The number of halogens is 1. The van der Waals surface area contributed by atoms with Crippen molar-refractivity contribution in [3.05, 3.63) is 46.2 Å². The smallest absolute Gasteiger partial charge is 0.322 e. The largest absolute Gasteiger partial charge is 0.511 e. The molecule has 0 saturated heterocycles. The Hall–Kier alpha value is -2.54. The Bertz CT molecular complexity index is 669. The van der Waals surface area contributed by atoms with Crippen LogP contribution in [-0.4, -0.2) is 46.0 Å². The van der Waals surface area contributed by atoms with Crippen molar-refractivity contribution in [2.75, 3.05) is 13.1 Å². The Morgan fingerprint density at radius 2 is 1.91 bits per heavy atom. The van der Waals surface area contributed by atoms with Crippen LogP contribution in [-0.2, 0) is 20.9 Å². The quantitative estimate of drug-likeness (QED) is 0.697. The van der Waals surface area contributed by atoms with Crippen LogP contribution < -0.4 is 5.32 Å². The van der Waals surface area contributed by atoms with E-state index >= 15 is 0 Å². The molecule has 1 aliphatic heterocycles. The van der Waals surface area contributed by atoms with E-state index in [0.29, 0.717) is 5.02 Å². The number of nitrogens with zero attached hydrogens (tertiary/aromatic N) is 1. The molecule has 23 heavy (non-hydrogen) atoms. The van der Waals surface area contributed by atoms with Crippen LogP contribution in [0.25, 0.3) is 0 Å². The lowest BCUT2D eigenvalue weighted by atomic mass is 10.0. The van der Waals surface area contributed by atoms with Gasteiger partial charge in [-0.2, -0.15) is 0 Å². The van der Waals surface area contributed by atoms with E-state index in [4.69, 9.17) is 16.7 Å². The third-order valence-electron chi connectivity index (χ3n) is 3.32. The number of carbonyl (C=O) groups is 3. The number of aliphatic hydroxyl groups is 1. The standard InChI is InChI=1S/C15H15ClN2O5/c16-10-3-1-9(2-4-10)8-18-6-5-11(19)13(15(18)23)14(22)17-7-12(20)21/h1-4,19H,5-8H2,(H,17,22)(H,20,21). The molecule has 0 fully saturated rings. The number of carbonyl (C=O) groups excluding carboxylic acids is 2. The van der Waals surface area contributed by atoms with E-state index in [2.05, 4.69) is 5.32 Å².